The molecule has 12 heavy (non-hydrogen) atoms. The van der Waals surface area contributed by atoms with Crippen LogP contribution in [0.25, 0.3) is 0 Å². The highest BCUT2D eigenvalue weighted by Crippen LogP contribution is 2.52. The first-order chi connectivity index (χ1) is 5.66. The van der Waals surface area contributed by atoms with Crippen LogP contribution in [-0.4, -0.2) is 18.9 Å². The quantitative estimate of drug-likeness (QED) is 0.385. The summed E-state index contributed by atoms with van der Waals surface area (Å²) < 4.78 is 17.2. The van der Waals surface area contributed by atoms with Crippen molar-refractivity contribution in [2.75, 3.05) is 18.9 Å². The average Bonchev–Trinajstić information content (AvgIpc) is 2.32. The van der Waals surface area contributed by atoms with Gasteiger partial charge in [0.25, 0.3) is 0 Å². The van der Waals surface area contributed by atoms with Crippen molar-refractivity contribution >= 4 is 7.37 Å². The Bertz CT molecular complexity index is 221. The first-order valence-electron chi connectivity index (χ1n) is 4.54. The summed E-state index contributed by atoms with van der Waals surface area (Å²) in [6.07, 6.45) is 5.49. The van der Waals surface area contributed by atoms with E-state index in [1.807, 2.05) is 13.0 Å². The maximum Gasteiger partial charge on any atom is 0.210 e. The minimum absolute atomic E-state index is 0.655. The molecule has 0 spiro atoms. The summed E-state index contributed by atoms with van der Waals surface area (Å²) in [4.78, 5) is 0. The lowest BCUT2D eigenvalue weighted by molar-refractivity contribution is 0.310. The zero-order valence-corrected chi connectivity index (χ0v) is 8.77. The second-order valence-corrected chi connectivity index (χ2v) is 5.96. The predicted octanol–water partition coefficient (Wildman–Crippen LogP) is 3.04. The second-order valence-electron chi connectivity index (χ2n) is 3.39. The Hall–Kier alpha value is -0.0700. The van der Waals surface area contributed by atoms with Crippen molar-refractivity contribution in [2.24, 2.45) is 0 Å². The lowest BCUT2D eigenvalue weighted by atomic mass is 10.3. The van der Waals surface area contributed by atoms with Gasteiger partial charge in [-0.15, -0.1) is 0 Å². The maximum absolute atomic E-state index is 11.8. The molecule has 0 aromatic heterocycles. The van der Waals surface area contributed by atoms with Gasteiger partial charge in [-0.3, -0.25) is 4.57 Å². The van der Waals surface area contributed by atoms with Crippen molar-refractivity contribution < 1.29 is 9.09 Å². The Labute approximate surface area is 74.5 Å². The van der Waals surface area contributed by atoms with Gasteiger partial charge in [-0.1, -0.05) is 25.0 Å². The van der Waals surface area contributed by atoms with Gasteiger partial charge in [0.15, 0.2) is 0 Å². The number of allylic oxidation sites excluding steroid dienone is 2. The lowest BCUT2D eigenvalue weighted by Crippen LogP contribution is -1.95. The highest BCUT2D eigenvalue weighted by Gasteiger charge is 2.26. The van der Waals surface area contributed by atoms with Crippen molar-refractivity contribution in [3.63, 3.8) is 0 Å². The minimum atomic E-state index is -2.25. The molecule has 0 aromatic rings. The molecule has 1 heterocycles. The van der Waals surface area contributed by atoms with Crippen LogP contribution in [-0.2, 0) is 9.09 Å². The lowest BCUT2D eigenvalue weighted by Gasteiger charge is -2.11. The molecular weight excluding hydrogens is 171 g/mol. The van der Waals surface area contributed by atoms with Crippen LogP contribution < -0.4 is 0 Å². The van der Waals surface area contributed by atoms with Crippen molar-refractivity contribution in [3.8, 4) is 0 Å². The van der Waals surface area contributed by atoms with E-state index in [0.29, 0.717) is 18.9 Å². The van der Waals surface area contributed by atoms with Gasteiger partial charge in [0, 0.05) is 12.3 Å². The molecule has 1 aliphatic heterocycles. The topological polar surface area (TPSA) is 26.3 Å². The maximum atomic E-state index is 11.8. The number of rotatable bonds is 4. The molecule has 0 fully saturated rings. The van der Waals surface area contributed by atoms with Gasteiger partial charge in [-0.25, -0.2) is 0 Å². The smallest absolute Gasteiger partial charge is 0.210 e. The SMILES string of the molecule is CCCCO[P@]1(=O)CC=C(C)C1. The van der Waals surface area contributed by atoms with Crippen molar-refractivity contribution in [2.45, 2.75) is 26.7 Å². The molecule has 0 unspecified atom stereocenters. The van der Waals surface area contributed by atoms with Gasteiger partial charge >= 0.3 is 0 Å². The summed E-state index contributed by atoms with van der Waals surface area (Å²) in [6, 6.07) is 0. The summed E-state index contributed by atoms with van der Waals surface area (Å²) >= 11 is 0. The third-order valence-corrected chi connectivity index (χ3v) is 4.41. The van der Waals surface area contributed by atoms with Crippen molar-refractivity contribution in [3.05, 3.63) is 11.6 Å². The van der Waals surface area contributed by atoms with E-state index in [4.69, 9.17) is 4.52 Å². The standard InChI is InChI=1S/C9H17O2P/c1-3-4-6-11-12(10)7-5-9(2)8-12/h5H,3-4,6-8H2,1-2H3/t12-/m1/s1. The van der Waals surface area contributed by atoms with Crippen molar-refractivity contribution in [1.29, 1.82) is 0 Å². The van der Waals surface area contributed by atoms with Crippen molar-refractivity contribution in [1.82, 2.24) is 0 Å². The third-order valence-electron chi connectivity index (χ3n) is 2.03. The van der Waals surface area contributed by atoms with Gasteiger partial charge < -0.3 is 4.52 Å². The minimum Gasteiger partial charge on any atom is -0.328 e. The van der Waals surface area contributed by atoms with Gasteiger partial charge in [0.2, 0.25) is 7.37 Å². The highest BCUT2D eigenvalue weighted by molar-refractivity contribution is 7.59. The molecule has 0 saturated carbocycles. The highest BCUT2D eigenvalue weighted by atomic mass is 31.2. The Kier molecular flexibility index (Phi) is 3.54. The van der Waals surface area contributed by atoms with Crippen LogP contribution in [0.5, 0.6) is 0 Å². The summed E-state index contributed by atoms with van der Waals surface area (Å²) in [5.74, 6) is 0. The van der Waals surface area contributed by atoms with E-state index in [2.05, 4.69) is 6.92 Å². The van der Waals surface area contributed by atoms with Gasteiger partial charge in [-0.2, -0.15) is 0 Å². The molecule has 0 aromatic carbocycles. The number of unbranched alkanes of at least 4 members (excludes halogenated alkanes) is 1. The van der Waals surface area contributed by atoms with Crippen LogP contribution in [0.4, 0.5) is 0 Å². The van der Waals surface area contributed by atoms with E-state index in [1.54, 1.807) is 0 Å². The van der Waals surface area contributed by atoms with Crippen LogP contribution >= 0.6 is 7.37 Å². The molecule has 0 aliphatic carbocycles. The zero-order valence-electron chi connectivity index (χ0n) is 7.88. The first-order valence-corrected chi connectivity index (χ1v) is 6.54. The normalized spacial score (nSPS) is 29.0. The molecule has 0 radical (unpaired) electrons. The zero-order chi connectivity index (χ0) is 9.03. The van der Waals surface area contributed by atoms with E-state index in [0.717, 1.165) is 12.8 Å². The Morgan fingerprint density at radius 3 is 2.92 bits per heavy atom. The average molecular weight is 188 g/mol. The van der Waals surface area contributed by atoms with E-state index in [1.165, 1.54) is 5.57 Å². The van der Waals surface area contributed by atoms with E-state index in [-0.39, 0.29) is 0 Å². The molecule has 0 bridgehead atoms. The molecule has 0 N–H and O–H groups in total. The molecular formula is C9H17O2P. The molecule has 1 atom stereocenters. The fraction of sp³-hybridized carbons (Fsp3) is 0.778. The van der Waals surface area contributed by atoms with Crippen LogP contribution in [0, 0.1) is 0 Å². The fourth-order valence-electron chi connectivity index (χ4n) is 1.28. The van der Waals surface area contributed by atoms with Gasteiger partial charge in [0.05, 0.1) is 6.61 Å². The van der Waals surface area contributed by atoms with Crippen LogP contribution in [0.15, 0.2) is 11.6 Å². The first kappa shape index (κ1) is 10.0. The molecule has 70 valence electrons. The number of hydrogen-bond acceptors (Lipinski definition) is 2. The second kappa shape index (κ2) is 4.25. The molecule has 0 amide bonds. The van der Waals surface area contributed by atoms with Gasteiger partial charge in [-0.05, 0) is 13.3 Å². The molecule has 3 heteroatoms. The van der Waals surface area contributed by atoms with Crippen LogP contribution in [0.3, 0.4) is 0 Å². The summed E-state index contributed by atoms with van der Waals surface area (Å²) in [5.41, 5.74) is 1.22. The summed E-state index contributed by atoms with van der Waals surface area (Å²) in [6.45, 7) is 4.79. The Morgan fingerprint density at radius 1 is 1.67 bits per heavy atom. The molecule has 1 aliphatic rings. The predicted molar refractivity (Wildman–Crippen MR) is 52.0 cm³/mol. The largest absolute Gasteiger partial charge is 0.328 e. The van der Waals surface area contributed by atoms with Crippen LogP contribution in [0.2, 0.25) is 0 Å². The van der Waals surface area contributed by atoms with E-state index >= 15 is 0 Å². The molecule has 1 rings (SSSR count). The summed E-state index contributed by atoms with van der Waals surface area (Å²) in [7, 11) is -2.25. The molecule has 0 saturated heterocycles. The van der Waals surface area contributed by atoms with E-state index < -0.39 is 7.37 Å². The van der Waals surface area contributed by atoms with E-state index in [9.17, 15) is 4.57 Å². The Morgan fingerprint density at radius 2 is 2.42 bits per heavy atom. The van der Waals surface area contributed by atoms with Gasteiger partial charge in [0.1, 0.15) is 0 Å². The fourth-order valence-corrected chi connectivity index (χ4v) is 3.54. The number of hydrogen-bond donors (Lipinski definition) is 0. The third kappa shape index (κ3) is 2.76. The monoisotopic (exact) mass is 188 g/mol. The molecule has 2 nitrogen and oxygen atoms in total. The summed E-state index contributed by atoms with van der Waals surface area (Å²) in [5, 5.41) is 0. The van der Waals surface area contributed by atoms with Crippen LogP contribution in [0.1, 0.15) is 26.7 Å². The Balaban J connectivity index is 2.29.